The van der Waals surface area contributed by atoms with Gasteiger partial charge in [0, 0.05) is 45.6 Å². The lowest BCUT2D eigenvalue weighted by atomic mass is 9.96. The molecule has 3 aromatic carbocycles. The molecule has 0 aromatic heterocycles. The highest BCUT2D eigenvalue weighted by atomic mass is 16.2. The minimum Gasteiger partial charge on any atom is -0.340 e. The Bertz CT molecular complexity index is 1150. The molecule has 224 valence electrons. The van der Waals surface area contributed by atoms with E-state index in [1.165, 1.54) is 36.8 Å². The summed E-state index contributed by atoms with van der Waals surface area (Å²) < 4.78 is 0. The third kappa shape index (κ3) is 9.03. The molecule has 0 N–H and O–H groups in total. The maximum absolute atomic E-state index is 13.4. The fourth-order valence-corrected chi connectivity index (χ4v) is 6.13. The summed E-state index contributed by atoms with van der Waals surface area (Å²) in [6.45, 7) is 7.82. The van der Waals surface area contributed by atoms with Crippen molar-refractivity contribution in [1.82, 2.24) is 14.7 Å². The molecule has 3 aromatic rings. The first-order chi connectivity index (χ1) is 20.6. The summed E-state index contributed by atoms with van der Waals surface area (Å²) in [6.07, 6.45) is 7.85. The summed E-state index contributed by atoms with van der Waals surface area (Å²) in [4.78, 5) is 33.3. The monoisotopic (exact) mass is 567 g/mol. The van der Waals surface area contributed by atoms with E-state index in [2.05, 4.69) is 91.5 Å². The lowest BCUT2D eigenvalue weighted by molar-refractivity contribution is -0.137. The van der Waals surface area contributed by atoms with Gasteiger partial charge in [-0.15, -0.1) is 0 Å². The zero-order valence-corrected chi connectivity index (χ0v) is 25.7. The van der Waals surface area contributed by atoms with E-state index in [9.17, 15) is 9.59 Å². The largest absolute Gasteiger partial charge is 0.340 e. The van der Waals surface area contributed by atoms with Gasteiger partial charge in [0.2, 0.25) is 11.8 Å². The highest BCUT2D eigenvalue weighted by molar-refractivity contribution is 5.79. The SMILES string of the molecule is CCCCCCCCC(=O)N(CCC(=O)N1CCN(C(c2ccccc2)c2ccccc2)CC1)C(C)c1ccccc1. The van der Waals surface area contributed by atoms with Gasteiger partial charge in [-0.05, 0) is 30.0 Å². The molecule has 2 amide bonds. The summed E-state index contributed by atoms with van der Waals surface area (Å²) in [7, 11) is 0. The van der Waals surface area contributed by atoms with Crippen molar-refractivity contribution in [3.63, 3.8) is 0 Å². The number of carbonyl (C=O) groups excluding carboxylic acids is 2. The van der Waals surface area contributed by atoms with Crippen molar-refractivity contribution >= 4 is 11.8 Å². The van der Waals surface area contributed by atoms with E-state index >= 15 is 0 Å². The molecule has 1 aliphatic heterocycles. The fourth-order valence-electron chi connectivity index (χ4n) is 6.13. The van der Waals surface area contributed by atoms with Crippen molar-refractivity contribution < 1.29 is 9.59 Å². The van der Waals surface area contributed by atoms with E-state index in [-0.39, 0.29) is 23.9 Å². The van der Waals surface area contributed by atoms with Crippen LogP contribution in [0.4, 0.5) is 0 Å². The molecule has 5 nitrogen and oxygen atoms in total. The van der Waals surface area contributed by atoms with E-state index in [0.717, 1.165) is 31.5 Å². The number of hydrogen-bond acceptors (Lipinski definition) is 3. The number of nitrogens with zero attached hydrogens (tertiary/aromatic N) is 3. The Hall–Kier alpha value is -3.44. The Balaban J connectivity index is 1.34. The van der Waals surface area contributed by atoms with Crippen LogP contribution in [0.3, 0.4) is 0 Å². The number of amides is 2. The number of piperazine rings is 1. The van der Waals surface area contributed by atoms with E-state index < -0.39 is 0 Å². The van der Waals surface area contributed by atoms with Crippen molar-refractivity contribution in [1.29, 1.82) is 0 Å². The normalized spacial score (nSPS) is 14.6. The molecule has 1 saturated heterocycles. The van der Waals surface area contributed by atoms with Crippen LogP contribution in [-0.2, 0) is 9.59 Å². The quantitative estimate of drug-likeness (QED) is 0.177. The molecule has 0 aliphatic carbocycles. The maximum atomic E-state index is 13.4. The molecule has 1 atom stereocenters. The van der Waals surface area contributed by atoms with Crippen molar-refractivity contribution in [3.05, 3.63) is 108 Å². The van der Waals surface area contributed by atoms with Crippen LogP contribution < -0.4 is 0 Å². The van der Waals surface area contributed by atoms with Crippen LogP contribution in [0.1, 0.15) is 94.0 Å². The third-order valence-corrected chi connectivity index (χ3v) is 8.64. The molecule has 0 saturated carbocycles. The molecule has 42 heavy (non-hydrogen) atoms. The minimum absolute atomic E-state index is 0.0547. The van der Waals surface area contributed by atoms with Crippen LogP contribution in [0.5, 0.6) is 0 Å². The van der Waals surface area contributed by atoms with Gasteiger partial charge in [-0.3, -0.25) is 14.5 Å². The molecule has 0 bridgehead atoms. The third-order valence-electron chi connectivity index (χ3n) is 8.64. The van der Waals surface area contributed by atoms with Gasteiger partial charge in [0.15, 0.2) is 0 Å². The van der Waals surface area contributed by atoms with Crippen molar-refractivity contribution in [2.45, 2.75) is 77.3 Å². The molecule has 1 unspecified atom stereocenters. The summed E-state index contributed by atoms with van der Waals surface area (Å²) >= 11 is 0. The second kappa shape index (κ2) is 16.9. The first-order valence-corrected chi connectivity index (χ1v) is 16.0. The van der Waals surface area contributed by atoms with Crippen LogP contribution in [0, 0.1) is 0 Å². The van der Waals surface area contributed by atoms with Gasteiger partial charge in [0.1, 0.15) is 0 Å². The number of benzene rings is 3. The van der Waals surface area contributed by atoms with E-state index in [1.54, 1.807) is 0 Å². The Labute approximate surface area is 253 Å². The van der Waals surface area contributed by atoms with Crippen molar-refractivity contribution in [2.75, 3.05) is 32.7 Å². The Morgan fingerprint density at radius 2 is 1.17 bits per heavy atom. The number of rotatable bonds is 15. The van der Waals surface area contributed by atoms with Crippen molar-refractivity contribution in [2.24, 2.45) is 0 Å². The van der Waals surface area contributed by atoms with Gasteiger partial charge in [-0.1, -0.05) is 130 Å². The van der Waals surface area contributed by atoms with Crippen LogP contribution in [0.2, 0.25) is 0 Å². The molecule has 0 radical (unpaired) electrons. The molecule has 1 fully saturated rings. The predicted octanol–water partition coefficient (Wildman–Crippen LogP) is 7.65. The standard InChI is InChI=1S/C37H49N3O2/c1-3-4-5-6-7-17-24-36(42)40(31(2)32-18-11-8-12-19-32)26-25-35(41)38-27-29-39(30-28-38)37(33-20-13-9-14-21-33)34-22-15-10-16-23-34/h8-16,18-23,31,37H,3-7,17,24-30H2,1-2H3. The highest BCUT2D eigenvalue weighted by Crippen LogP contribution is 2.30. The lowest BCUT2D eigenvalue weighted by Gasteiger charge is -2.40. The summed E-state index contributed by atoms with van der Waals surface area (Å²) in [5.74, 6) is 0.302. The predicted molar refractivity (Wildman–Crippen MR) is 172 cm³/mol. The Morgan fingerprint density at radius 1 is 0.667 bits per heavy atom. The Morgan fingerprint density at radius 3 is 1.71 bits per heavy atom. The molecule has 0 spiro atoms. The van der Waals surface area contributed by atoms with Crippen molar-refractivity contribution in [3.8, 4) is 0 Å². The van der Waals surface area contributed by atoms with E-state index in [4.69, 9.17) is 0 Å². The fraction of sp³-hybridized carbons (Fsp3) is 0.459. The number of carbonyl (C=O) groups is 2. The summed E-state index contributed by atoms with van der Waals surface area (Å²) in [6, 6.07) is 31.6. The van der Waals surface area contributed by atoms with Gasteiger partial charge in [0.25, 0.3) is 0 Å². The average Bonchev–Trinajstić information content (AvgIpc) is 3.04. The topological polar surface area (TPSA) is 43.9 Å². The summed E-state index contributed by atoms with van der Waals surface area (Å²) in [5.41, 5.74) is 3.67. The van der Waals surface area contributed by atoms with Crippen LogP contribution in [0.25, 0.3) is 0 Å². The second-order valence-corrected chi connectivity index (χ2v) is 11.6. The zero-order chi connectivity index (χ0) is 29.6. The van der Waals surface area contributed by atoms with Gasteiger partial charge in [0.05, 0.1) is 12.1 Å². The van der Waals surface area contributed by atoms with Gasteiger partial charge in [-0.2, -0.15) is 0 Å². The number of unbranched alkanes of at least 4 members (excludes halogenated alkanes) is 5. The lowest BCUT2D eigenvalue weighted by Crippen LogP contribution is -2.50. The smallest absolute Gasteiger partial charge is 0.224 e. The average molecular weight is 568 g/mol. The van der Waals surface area contributed by atoms with Crippen LogP contribution in [0.15, 0.2) is 91.0 Å². The minimum atomic E-state index is -0.0547. The molecular weight excluding hydrogens is 518 g/mol. The number of hydrogen-bond donors (Lipinski definition) is 0. The highest BCUT2D eigenvalue weighted by Gasteiger charge is 2.29. The van der Waals surface area contributed by atoms with Gasteiger partial charge in [-0.25, -0.2) is 0 Å². The van der Waals surface area contributed by atoms with Gasteiger partial charge < -0.3 is 9.80 Å². The molecule has 5 heteroatoms. The molecule has 1 heterocycles. The molecule has 4 rings (SSSR count). The summed E-state index contributed by atoms with van der Waals surface area (Å²) in [5, 5.41) is 0. The maximum Gasteiger partial charge on any atom is 0.224 e. The molecule has 1 aliphatic rings. The van der Waals surface area contributed by atoms with E-state index in [0.29, 0.717) is 32.5 Å². The first kappa shape index (κ1) is 31.5. The first-order valence-electron chi connectivity index (χ1n) is 16.0. The molecular formula is C37H49N3O2. The second-order valence-electron chi connectivity index (χ2n) is 11.6. The van der Waals surface area contributed by atoms with Crippen LogP contribution in [-0.4, -0.2) is 59.2 Å². The van der Waals surface area contributed by atoms with Crippen LogP contribution >= 0.6 is 0 Å². The van der Waals surface area contributed by atoms with Gasteiger partial charge >= 0.3 is 0 Å². The van der Waals surface area contributed by atoms with E-state index in [1.807, 2.05) is 28.0 Å². The zero-order valence-electron chi connectivity index (χ0n) is 25.7. The Kier molecular flexibility index (Phi) is 12.6.